The van der Waals surface area contributed by atoms with Crippen molar-refractivity contribution in [3.63, 3.8) is 0 Å². The van der Waals surface area contributed by atoms with E-state index in [2.05, 4.69) is 21.5 Å². The average Bonchev–Trinajstić information content (AvgIpc) is 3.22. The van der Waals surface area contributed by atoms with Gasteiger partial charge in [-0.15, -0.1) is 0 Å². The minimum atomic E-state index is -0.710. The van der Waals surface area contributed by atoms with Crippen molar-refractivity contribution in [1.82, 2.24) is 20.1 Å². The summed E-state index contributed by atoms with van der Waals surface area (Å²) in [5, 5.41) is 18.4. The van der Waals surface area contributed by atoms with Crippen molar-refractivity contribution < 1.29 is 9.90 Å². The number of benzene rings is 2. The van der Waals surface area contributed by atoms with E-state index in [1.807, 2.05) is 68.2 Å². The Morgan fingerprint density at radius 2 is 1.86 bits per heavy atom. The Hall–Kier alpha value is -3.97. The molecule has 7 nitrogen and oxygen atoms in total. The molecule has 0 radical (unpaired) electrons. The summed E-state index contributed by atoms with van der Waals surface area (Å²) >= 11 is 0. The molecule has 7 heteroatoms. The van der Waals surface area contributed by atoms with Crippen LogP contribution in [0.5, 0.6) is 0 Å². The number of aliphatic hydroxyl groups excluding tert-OH is 1. The lowest BCUT2D eigenvalue weighted by Crippen LogP contribution is -2.25. The van der Waals surface area contributed by atoms with Gasteiger partial charge in [0.2, 0.25) is 0 Å². The van der Waals surface area contributed by atoms with E-state index in [0.29, 0.717) is 30.9 Å². The molecule has 2 aromatic carbocycles. The number of hydrogen-bond acceptors (Lipinski definition) is 5. The first-order valence-electron chi connectivity index (χ1n) is 11.7. The first kappa shape index (κ1) is 22.8. The number of hydrogen-bond donors (Lipinski definition) is 3. The van der Waals surface area contributed by atoms with Gasteiger partial charge in [0, 0.05) is 24.0 Å². The molecule has 5 rings (SSSR count). The van der Waals surface area contributed by atoms with Crippen molar-refractivity contribution in [3.05, 3.63) is 111 Å². The van der Waals surface area contributed by atoms with Crippen LogP contribution in [0.1, 0.15) is 66.7 Å². The molecule has 2 aromatic heterocycles. The van der Waals surface area contributed by atoms with E-state index in [4.69, 9.17) is 5.73 Å². The number of aliphatic hydroxyl groups is 1. The van der Waals surface area contributed by atoms with E-state index in [-0.39, 0.29) is 5.91 Å². The predicted molar refractivity (Wildman–Crippen MR) is 135 cm³/mol. The molecule has 0 saturated heterocycles. The minimum absolute atomic E-state index is 0.161. The average molecular weight is 468 g/mol. The fraction of sp³-hybridized carbons (Fsp3) is 0.250. The molecular formula is C28H29N5O2. The van der Waals surface area contributed by atoms with Crippen LogP contribution in [0.3, 0.4) is 0 Å². The number of nitrogen functional groups attached to an aromatic ring is 1. The normalized spacial score (nSPS) is 14.3. The van der Waals surface area contributed by atoms with Gasteiger partial charge in [0.15, 0.2) is 0 Å². The van der Waals surface area contributed by atoms with E-state index < -0.39 is 6.10 Å². The quantitative estimate of drug-likeness (QED) is 0.415. The van der Waals surface area contributed by atoms with Crippen LogP contribution in [0.2, 0.25) is 0 Å². The van der Waals surface area contributed by atoms with Gasteiger partial charge in [-0.25, -0.2) is 4.98 Å². The lowest BCUT2D eigenvalue weighted by Gasteiger charge is -2.26. The Morgan fingerprint density at radius 3 is 2.57 bits per heavy atom. The van der Waals surface area contributed by atoms with Crippen molar-refractivity contribution in [2.75, 3.05) is 5.73 Å². The van der Waals surface area contributed by atoms with E-state index in [1.54, 1.807) is 6.07 Å². The molecule has 0 spiro atoms. The van der Waals surface area contributed by atoms with Crippen LogP contribution in [0.4, 0.5) is 5.82 Å². The number of fused-ring (bicyclic) bond motifs is 2. The second-order valence-electron chi connectivity index (χ2n) is 9.35. The Labute approximate surface area is 204 Å². The van der Waals surface area contributed by atoms with Gasteiger partial charge in [-0.2, -0.15) is 5.10 Å². The summed E-state index contributed by atoms with van der Waals surface area (Å²) < 4.78 is 1.91. The van der Waals surface area contributed by atoms with Crippen LogP contribution in [0.15, 0.2) is 54.9 Å². The summed E-state index contributed by atoms with van der Waals surface area (Å²) in [6.07, 6.45) is 3.81. The van der Waals surface area contributed by atoms with Gasteiger partial charge in [-0.1, -0.05) is 24.3 Å². The summed E-state index contributed by atoms with van der Waals surface area (Å²) in [4.78, 5) is 17.3. The number of amides is 1. The molecule has 0 aliphatic heterocycles. The fourth-order valence-electron chi connectivity index (χ4n) is 4.88. The molecule has 1 aliphatic carbocycles. The highest BCUT2D eigenvalue weighted by Crippen LogP contribution is 2.36. The smallest absolute Gasteiger partial charge is 0.251 e. The Balaban J connectivity index is 1.35. The number of anilines is 1. The molecular weight excluding hydrogens is 438 g/mol. The first-order chi connectivity index (χ1) is 16.8. The van der Waals surface area contributed by atoms with Crippen molar-refractivity contribution >= 4 is 11.7 Å². The van der Waals surface area contributed by atoms with Crippen LogP contribution in [0.25, 0.3) is 0 Å². The Bertz CT molecular complexity index is 1420. The molecule has 1 amide bonds. The zero-order valence-electron chi connectivity index (χ0n) is 20.2. The number of pyridine rings is 1. The number of carbonyl (C=O) groups is 1. The van der Waals surface area contributed by atoms with Crippen molar-refractivity contribution in [1.29, 1.82) is 0 Å². The fourth-order valence-corrected chi connectivity index (χ4v) is 4.88. The molecule has 4 aromatic rings. The molecule has 0 fully saturated rings. The lowest BCUT2D eigenvalue weighted by molar-refractivity contribution is 0.0950. The van der Waals surface area contributed by atoms with E-state index in [1.165, 1.54) is 0 Å². The number of carbonyl (C=O) groups excluding carboxylic acids is 1. The summed E-state index contributed by atoms with van der Waals surface area (Å²) in [6.45, 7) is 6.93. The second kappa shape index (κ2) is 9.00. The second-order valence-corrected chi connectivity index (χ2v) is 9.35. The molecule has 2 heterocycles. The number of nitrogens with two attached hydrogens (primary N) is 1. The lowest BCUT2D eigenvalue weighted by atomic mass is 9.82. The standard InChI is InChI=1S/C28H29N5O2/c1-16-12-31-33(14-16)15-19-4-6-23-21(9-19)11-22-10-20(5-7-24(22)27(23)34)28(35)30-13-25-17(2)8-26(29)32-18(25)3/h4-10,12,14,27,34H,11,13,15H2,1-3H3,(H2,29,32)(H,30,35)/t27-/m0/s1. The number of aryl methyl sites for hydroxylation is 3. The van der Waals surface area contributed by atoms with Crippen LogP contribution >= 0.6 is 0 Å². The zero-order valence-corrected chi connectivity index (χ0v) is 20.2. The molecule has 35 heavy (non-hydrogen) atoms. The predicted octanol–water partition coefficient (Wildman–Crippen LogP) is 3.75. The third kappa shape index (κ3) is 4.55. The van der Waals surface area contributed by atoms with Gasteiger partial charge in [-0.05, 0) is 89.9 Å². The maximum atomic E-state index is 13.0. The number of rotatable bonds is 5. The SMILES string of the molecule is Cc1cnn(Cc2ccc3c(c2)Cc2cc(C(=O)NCc4c(C)cc(N)nc4C)ccc2[C@H]3O)c1. The van der Waals surface area contributed by atoms with Crippen LogP contribution < -0.4 is 11.1 Å². The maximum Gasteiger partial charge on any atom is 0.251 e. The van der Waals surface area contributed by atoms with Crippen molar-refractivity contribution in [2.24, 2.45) is 0 Å². The molecule has 0 bridgehead atoms. The number of nitrogens with one attached hydrogen (secondary N) is 1. The van der Waals surface area contributed by atoms with E-state index >= 15 is 0 Å². The van der Waals surface area contributed by atoms with E-state index in [0.717, 1.165) is 50.2 Å². The van der Waals surface area contributed by atoms with Gasteiger partial charge < -0.3 is 16.2 Å². The van der Waals surface area contributed by atoms with Gasteiger partial charge >= 0.3 is 0 Å². The van der Waals surface area contributed by atoms with Crippen LogP contribution in [-0.2, 0) is 19.5 Å². The van der Waals surface area contributed by atoms with Crippen LogP contribution in [0, 0.1) is 20.8 Å². The Morgan fingerprint density at radius 1 is 1.11 bits per heavy atom. The summed E-state index contributed by atoms with van der Waals surface area (Å²) in [5.41, 5.74) is 15.2. The number of aromatic nitrogens is 3. The number of nitrogens with zero attached hydrogens (tertiary/aromatic N) is 3. The van der Waals surface area contributed by atoms with E-state index in [9.17, 15) is 9.90 Å². The minimum Gasteiger partial charge on any atom is -0.384 e. The summed E-state index contributed by atoms with van der Waals surface area (Å²) in [5.74, 6) is 0.318. The third-order valence-electron chi connectivity index (χ3n) is 6.69. The highest BCUT2D eigenvalue weighted by molar-refractivity contribution is 5.94. The topological polar surface area (TPSA) is 106 Å². The van der Waals surface area contributed by atoms with Gasteiger partial charge in [0.25, 0.3) is 5.91 Å². The molecule has 1 aliphatic rings. The van der Waals surface area contributed by atoms with Gasteiger partial charge in [0.1, 0.15) is 11.9 Å². The highest BCUT2D eigenvalue weighted by atomic mass is 16.3. The third-order valence-corrected chi connectivity index (χ3v) is 6.69. The molecule has 1 atom stereocenters. The molecule has 4 N–H and O–H groups in total. The first-order valence-corrected chi connectivity index (χ1v) is 11.7. The molecule has 178 valence electrons. The summed E-state index contributed by atoms with van der Waals surface area (Å²) in [6, 6.07) is 13.5. The monoisotopic (exact) mass is 467 g/mol. The van der Waals surface area contributed by atoms with Gasteiger partial charge in [0.05, 0.1) is 12.7 Å². The van der Waals surface area contributed by atoms with Crippen LogP contribution in [-0.4, -0.2) is 25.8 Å². The maximum absolute atomic E-state index is 13.0. The summed E-state index contributed by atoms with van der Waals surface area (Å²) in [7, 11) is 0. The molecule has 0 unspecified atom stereocenters. The van der Waals surface area contributed by atoms with Crippen molar-refractivity contribution in [2.45, 2.75) is 46.4 Å². The largest absolute Gasteiger partial charge is 0.384 e. The zero-order chi connectivity index (χ0) is 24.7. The van der Waals surface area contributed by atoms with Gasteiger partial charge in [-0.3, -0.25) is 9.48 Å². The highest BCUT2D eigenvalue weighted by Gasteiger charge is 2.25. The Kier molecular flexibility index (Phi) is 5.86. The van der Waals surface area contributed by atoms with Crippen molar-refractivity contribution in [3.8, 4) is 0 Å². The molecule has 0 saturated carbocycles.